The van der Waals surface area contributed by atoms with Gasteiger partial charge in [-0.05, 0) is 6.42 Å². The minimum Gasteiger partial charge on any atom is -0.244 e. The molecule has 0 aliphatic carbocycles. The van der Waals surface area contributed by atoms with Gasteiger partial charge in [0.25, 0.3) is 0 Å². The first-order valence-electron chi connectivity index (χ1n) is 2.74. The monoisotopic (exact) mass is 162 g/mol. The van der Waals surface area contributed by atoms with E-state index in [1.165, 1.54) is 0 Å². The number of rotatable bonds is 2. The van der Waals surface area contributed by atoms with Crippen molar-refractivity contribution in [1.82, 2.24) is 0 Å². The van der Waals surface area contributed by atoms with E-state index in [1.54, 1.807) is 0 Å². The van der Waals surface area contributed by atoms with E-state index in [0.717, 1.165) is 6.92 Å². The van der Waals surface area contributed by atoms with Crippen molar-refractivity contribution in [3.8, 4) is 0 Å². The molecule has 0 bridgehead atoms. The average molecular weight is 162 g/mol. The summed E-state index contributed by atoms with van der Waals surface area (Å²) in [5, 5.41) is 0. The van der Waals surface area contributed by atoms with Crippen LogP contribution in [0.15, 0.2) is 0 Å². The maximum atomic E-state index is 11.9. The van der Waals surface area contributed by atoms with Crippen LogP contribution in [0.25, 0.3) is 0 Å². The number of halogens is 5. The third-order valence-electron chi connectivity index (χ3n) is 1.02. The van der Waals surface area contributed by atoms with Crippen LogP contribution in [-0.4, -0.2) is 18.5 Å². The van der Waals surface area contributed by atoms with Crippen molar-refractivity contribution >= 4 is 0 Å². The van der Waals surface area contributed by atoms with Crippen LogP contribution in [0, 0.1) is 0 Å². The van der Waals surface area contributed by atoms with Gasteiger partial charge in [0.2, 0.25) is 6.17 Å². The van der Waals surface area contributed by atoms with Crippen molar-refractivity contribution in [2.75, 3.05) is 0 Å². The molecule has 0 saturated heterocycles. The lowest BCUT2D eigenvalue weighted by Crippen LogP contribution is -2.33. The zero-order chi connectivity index (χ0) is 8.36. The molecule has 0 saturated carbocycles. The van der Waals surface area contributed by atoms with E-state index in [4.69, 9.17) is 0 Å². The van der Waals surface area contributed by atoms with Gasteiger partial charge < -0.3 is 0 Å². The molecule has 0 aromatic carbocycles. The molecule has 10 heavy (non-hydrogen) atoms. The Labute approximate surface area is 55.0 Å². The lowest BCUT2D eigenvalue weighted by molar-refractivity contribution is -0.196. The van der Waals surface area contributed by atoms with Crippen LogP contribution in [0.2, 0.25) is 0 Å². The lowest BCUT2D eigenvalue weighted by Gasteiger charge is -2.14. The largest absolute Gasteiger partial charge is 0.422 e. The molecule has 0 aliphatic rings. The van der Waals surface area contributed by atoms with E-state index in [1.807, 2.05) is 0 Å². The molecule has 2 unspecified atom stereocenters. The van der Waals surface area contributed by atoms with E-state index < -0.39 is 24.9 Å². The third-order valence-corrected chi connectivity index (χ3v) is 1.02. The van der Waals surface area contributed by atoms with E-state index in [2.05, 4.69) is 0 Å². The number of hydrogen-bond donors (Lipinski definition) is 0. The summed E-state index contributed by atoms with van der Waals surface area (Å²) in [6, 6.07) is 0. The topological polar surface area (TPSA) is 0 Å². The maximum absolute atomic E-state index is 11.9. The van der Waals surface area contributed by atoms with Gasteiger partial charge >= 0.3 is 6.18 Å². The molecule has 0 rings (SSSR count). The minimum atomic E-state index is -5.06. The van der Waals surface area contributed by atoms with Gasteiger partial charge in [0.15, 0.2) is 0 Å². The fourth-order valence-corrected chi connectivity index (χ4v) is 0.412. The predicted molar refractivity (Wildman–Crippen MR) is 26.1 cm³/mol. The summed E-state index contributed by atoms with van der Waals surface area (Å²) in [6.07, 6.45) is -11.3. The van der Waals surface area contributed by atoms with Gasteiger partial charge in [0.05, 0.1) is 0 Å². The molecule has 0 aromatic heterocycles. The molecule has 0 aromatic rings. The van der Waals surface area contributed by atoms with Crippen LogP contribution >= 0.6 is 0 Å². The molecule has 0 amide bonds. The lowest BCUT2D eigenvalue weighted by atomic mass is 10.2. The maximum Gasteiger partial charge on any atom is 0.422 e. The summed E-state index contributed by atoms with van der Waals surface area (Å²) in [7, 11) is 0. The van der Waals surface area contributed by atoms with Gasteiger partial charge in [-0.25, -0.2) is 8.78 Å². The highest BCUT2D eigenvalue weighted by Gasteiger charge is 2.45. The number of alkyl halides is 5. The van der Waals surface area contributed by atoms with Gasteiger partial charge in [0, 0.05) is 0 Å². The molecule has 0 heterocycles. The predicted octanol–water partition coefficient (Wildman–Crippen LogP) is 2.63. The van der Waals surface area contributed by atoms with Crippen molar-refractivity contribution < 1.29 is 22.0 Å². The van der Waals surface area contributed by atoms with Crippen molar-refractivity contribution in [3.05, 3.63) is 0 Å². The van der Waals surface area contributed by atoms with Crippen molar-refractivity contribution in [2.24, 2.45) is 0 Å². The standard InChI is InChI=1S/C5H7F5/c1-2-3(6)4(7)5(8,9)10/h3-4H,2H2,1H3. The molecule has 2 atom stereocenters. The van der Waals surface area contributed by atoms with E-state index in [9.17, 15) is 22.0 Å². The summed E-state index contributed by atoms with van der Waals surface area (Å²) in [6.45, 7) is 1.16. The minimum absolute atomic E-state index is 0.458. The SMILES string of the molecule is CCC(F)C(F)C(F)(F)F. The zero-order valence-corrected chi connectivity index (χ0v) is 5.25. The third kappa shape index (κ3) is 2.49. The Morgan fingerprint density at radius 1 is 1.20 bits per heavy atom. The molecule has 0 nitrogen and oxygen atoms in total. The van der Waals surface area contributed by atoms with Crippen molar-refractivity contribution in [3.63, 3.8) is 0 Å². The highest BCUT2D eigenvalue weighted by atomic mass is 19.4. The van der Waals surface area contributed by atoms with Crippen molar-refractivity contribution in [2.45, 2.75) is 31.9 Å². The Kier molecular flexibility index (Phi) is 3.05. The van der Waals surface area contributed by atoms with Crippen LogP contribution in [0.4, 0.5) is 22.0 Å². The van der Waals surface area contributed by atoms with Gasteiger partial charge in [0.1, 0.15) is 6.17 Å². The first kappa shape index (κ1) is 9.65. The molecule has 0 fully saturated rings. The Balaban J connectivity index is 3.94. The molecule has 62 valence electrons. The molecule has 5 heteroatoms. The zero-order valence-electron chi connectivity index (χ0n) is 5.25. The second-order valence-electron chi connectivity index (χ2n) is 1.87. The summed E-state index contributed by atoms with van der Waals surface area (Å²) < 4.78 is 57.5. The van der Waals surface area contributed by atoms with Crippen LogP contribution in [0.1, 0.15) is 13.3 Å². The molecule has 0 radical (unpaired) electrons. The molecule has 0 aliphatic heterocycles. The quantitative estimate of drug-likeness (QED) is 0.547. The smallest absolute Gasteiger partial charge is 0.244 e. The van der Waals surface area contributed by atoms with Crippen LogP contribution < -0.4 is 0 Å². The average Bonchev–Trinajstić information content (AvgIpc) is 1.83. The summed E-state index contributed by atoms with van der Waals surface area (Å²) >= 11 is 0. The Bertz CT molecular complexity index is 96.7. The van der Waals surface area contributed by atoms with Gasteiger partial charge in [-0.15, -0.1) is 0 Å². The van der Waals surface area contributed by atoms with E-state index in [0.29, 0.717) is 0 Å². The number of hydrogen-bond acceptors (Lipinski definition) is 0. The normalized spacial score (nSPS) is 18.6. The highest BCUT2D eigenvalue weighted by molar-refractivity contribution is 4.73. The molecular formula is C5H7F5. The van der Waals surface area contributed by atoms with Crippen molar-refractivity contribution in [1.29, 1.82) is 0 Å². The molecule has 0 spiro atoms. The second kappa shape index (κ2) is 3.16. The van der Waals surface area contributed by atoms with Crippen LogP contribution in [-0.2, 0) is 0 Å². The Morgan fingerprint density at radius 3 is 1.70 bits per heavy atom. The van der Waals surface area contributed by atoms with Gasteiger partial charge in [-0.1, -0.05) is 6.92 Å². The first-order valence-corrected chi connectivity index (χ1v) is 2.74. The fraction of sp³-hybridized carbons (Fsp3) is 1.00. The summed E-state index contributed by atoms with van der Waals surface area (Å²) in [5.74, 6) is 0. The Hall–Kier alpha value is -0.350. The molecule has 0 N–H and O–H groups in total. The van der Waals surface area contributed by atoms with Crippen LogP contribution in [0.3, 0.4) is 0 Å². The first-order chi connectivity index (χ1) is 4.39. The summed E-state index contributed by atoms with van der Waals surface area (Å²) in [4.78, 5) is 0. The molecular weight excluding hydrogens is 155 g/mol. The van der Waals surface area contributed by atoms with Crippen LogP contribution in [0.5, 0.6) is 0 Å². The highest BCUT2D eigenvalue weighted by Crippen LogP contribution is 2.27. The summed E-state index contributed by atoms with van der Waals surface area (Å²) in [5.41, 5.74) is 0. The van der Waals surface area contributed by atoms with E-state index >= 15 is 0 Å². The van der Waals surface area contributed by atoms with Gasteiger partial charge in [-0.3, -0.25) is 0 Å². The Morgan fingerprint density at radius 2 is 1.60 bits per heavy atom. The fourth-order valence-electron chi connectivity index (χ4n) is 0.412. The van der Waals surface area contributed by atoms with E-state index in [-0.39, 0.29) is 0 Å². The second-order valence-corrected chi connectivity index (χ2v) is 1.87. The van der Waals surface area contributed by atoms with Gasteiger partial charge in [-0.2, -0.15) is 13.2 Å².